The first-order valence-corrected chi connectivity index (χ1v) is 6.39. The van der Waals surface area contributed by atoms with Gasteiger partial charge in [0.2, 0.25) is 0 Å². The Morgan fingerprint density at radius 3 is 2.83 bits per heavy atom. The van der Waals surface area contributed by atoms with Crippen LogP contribution in [0.1, 0.15) is 30.6 Å². The van der Waals surface area contributed by atoms with Crippen LogP contribution in [0.25, 0.3) is 0 Å². The van der Waals surface area contributed by atoms with Crippen molar-refractivity contribution in [1.29, 1.82) is 0 Å². The van der Waals surface area contributed by atoms with Crippen molar-refractivity contribution in [2.24, 2.45) is 0 Å². The number of imidazole rings is 1. The Kier molecular flexibility index (Phi) is 3.97. The average Bonchev–Trinajstić information content (AvgIpc) is 2.76. The van der Waals surface area contributed by atoms with Gasteiger partial charge >= 0.3 is 0 Å². The Morgan fingerprint density at radius 1 is 1.28 bits per heavy atom. The van der Waals surface area contributed by atoms with Gasteiger partial charge in [-0.05, 0) is 32.4 Å². The summed E-state index contributed by atoms with van der Waals surface area (Å²) in [7, 11) is 0. The standard InChI is InChI=1S/C14H20N4/c1-4-8-18-9-7-15-14(18)10-16-13-6-5-11(2)17-12(13)3/h5-7,9,16H,4,8,10H2,1-3H3. The lowest BCUT2D eigenvalue weighted by Gasteiger charge is -2.10. The maximum atomic E-state index is 4.44. The zero-order valence-corrected chi connectivity index (χ0v) is 11.3. The number of rotatable bonds is 5. The Bertz CT molecular complexity index is 516. The fourth-order valence-corrected chi connectivity index (χ4v) is 2.00. The van der Waals surface area contributed by atoms with Crippen molar-refractivity contribution >= 4 is 5.69 Å². The first kappa shape index (κ1) is 12.6. The number of anilines is 1. The second kappa shape index (κ2) is 5.67. The minimum absolute atomic E-state index is 0.735. The van der Waals surface area contributed by atoms with Crippen molar-refractivity contribution in [2.75, 3.05) is 5.32 Å². The molecule has 0 spiro atoms. The molecule has 0 aliphatic heterocycles. The number of hydrogen-bond acceptors (Lipinski definition) is 3. The summed E-state index contributed by atoms with van der Waals surface area (Å²) < 4.78 is 2.18. The third-order valence-corrected chi connectivity index (χ3v) is 2.93. The molecule has 0 aliphatic rings. The normalized spacial score (nSPS) is 10.6. The molecule has 0 aromatic carbocycles. The zero-order chi connectivity index (χ0) is 13.0. The minimum Gasteiger partial charge on any atom is -0.376 e. The molecular formula is C14H20N4. The molecule has 0 radical (unpaired) electrons. The van der Waals surface area contributed by atoms with Crippen LogP contribution in [0.15, 0.2) is 24.5 Å². The monoisotopic (exact) mass is 244 g/mol. The van der Waals surface area contributed by atoms with Gasteiger partial charge in [-0.1, -0.05) is 6.92 Å². The van der Waals surface area contributed by atoms with Gasteiger partial charge in [0.15, 0.2) is 0 Å². The molecule has 0 fully saturated rings. The van der Waals surface area contributed by atoms with Crippen LogP contribution < -0.4 is 5.32 Å². The highest BCUT2D eigenvalue weighted by Gasteiger charge is 2.03. The Hall–Kier alpha value is -1.84. The van der Waals surface area contributed by atoms with Crippen molar-refractivity contribution in [3.63, 3.8) is 0 Å². The van der Waals surface area contributed by atoms with Crippen molar-refractivity contribution in [1.82, 2.24) is 14.5 Å². The highest BCUT2D eigenvalue weighted by Crippen LogP contribution is 2.13. The molecule has 0 unspecified atom stereocenters. The summed E-state index contributed by atoms with van der Waals surface area (Å²) in [6.45, 7) is 7.95. The SMILES string of the molecule is CCCn1ccnc1CNc1ccc(C)nc1C. The predicted molar refractivity (Wildman–Crippen MR) is 73.6 cm³/mol. The minimum atomic E-state index is 0.735. The van der Waals surface area contributed by atoms with Gasteiger partial charge in [0, 0.05) is 24.6 Å². The number of pyridine rings is 1. The topological polar surface area (TPSA) is 42.7 Å². The van der Waals surface area contributed by atoms with Crippen molar-refractivity contribution in [3.8, 4) is 0 Å². The summed E-state index contributed by atoms with van der Waals surface area (Å²) >= 11 is 0. The lowest BCUT2D eigenvalue weighted by molar-refractivity contribution is 0.644. The van der Waals surface area contributed by atoms with Gasteiger partial charge in [-0.25, -0.2) is 4.98 Å². The van der Waals surface area contributed by atoms with Crippen LogP contribution in [-0.4, -0.2) is 14.5 Å². The summed E-state index contributed by atoms with van der Waals surface area (Å²) in [6, 6.07) is 4.10. The van der Waals surface area contributed by atoms with E-state index >= 15 is 0 Å². The van der Waals surface area contributed by atoms with E-state index in [4.69, 9.17) is 0 Å². The second-order valence-corrected chi connectivity index (χ2v) is 4.48. The molecule has 0 atom stereocenters. The fraction of sp³-hybridized carbons (Fsp3) is 0.429. The van der Waals surface area contributed by atoms with E-state index in [1.165, 1.54) is 0 Å². The predicted octanol–water partition coefficient (Wildman–Crippen LogP) is 2.92. The van der Waals surface area contributed by atoms with Crippen LogP contribution in [0.5, 0.6) is 0 Å². The van der Waals surface area contributed by atoms with E-state index in [-0.39, 0.29) is 0 Å². The molecule has 0 bridgehead atoms. The largest absolute Gasteiger partial charge is 0.376 e. The van der Waals surface area contributed by atoms with Gasteiger partial charge in [-0.3, -0.25) is 4.98 Å². The van der Waals surface area contributed by atoms with Crippen molar-refractivity contribution in [3.05, 3.63) is 41.7 Å². The quantitative estimate of drug-likeness (QED) is 0.879. The average molecular weight is 244 g/mol. The lowest BCUT2D eigenvalue weighted by Crippen LogP contribution is -2.09. The van der Waals surface area contributed by atoms with Gasteiger partial charge in [0.05, 0.1) is 17.9 Å². The Labute approximate surface area is 108 Å². The summed E-state index contributed by atoms with van der Waals surface area (Å²) in [6.07, 6.45) is 5.00. The Morgan fingerprint density at radius 2 is 2.11 bits per heavy atom. The summed E-state index contributed by atoms with van der Waals surface area (Å²) in [5.74, 6) is 1.07. The first-order valence-electron chi connectivity index (χ1n) is 6.39. The molecule has 1 N–H and O–H groups in total. The Balaban J connectivity index is 2.04. The highest BCUT2D eigenvalue weighted by atomic mass is 15.1. The van der Waals surface area contributed by atoms with Crippen LogP contribution in [0, 0.1) is 13.8 Å². The second-order valence-electron chi connectivity index (χ2n) is 4.48. The zero-order valence-electron chi connectivity index (χ0n) is 11.3. The van der Waals surface area contributed by atoms with Gasteiger partial charge in [-0.15, -0.1) is 0 Å². The lowest BCUT2D eigenvalue weighted by atomic mass is 10.2. The number of aryl methyl sites for hydroxylation is 3. The maximum Gasteiger partial charge on any atom is 0.128 e. The smallest absolute Gasteiger partial charge is 0.128 e. The summed E-state index contributed by atoms with van der Waals surface area (Å²) in [5, 5.41) is 3.40. The molecule has 18 heavy (non-hydrogen) atoms. The number of aromatic nitrogens is 3. The van der Waals surface area contributed by atoms with E-state index in [2.05, 4.69) is 32.8 Å². The molecule has 0 saturated heterocycles. The van der Waals surface area contributed by atoms with Crippen molar-refractivity contribution < 1.29 is 0 Å². The van der Waals surface area contributed by atoms with Gasteiger partial charge in [0.1, 0.15) is 5.82 Å². The fourth-order valence-electron chi connectivity index (χ4n) is 2.00. The van der Waals surface area contributed by atoms with Crippen LogP contribution in [0.2, 0.25) is 0 Å². The third-order valence-electron chi connectivity index (χ3n) is 2.93. The van der Waals surface area contributed by atoms with E-state index in [0.29, 0.717) is 0 Å². The van der Waals surface area contributed by atoms with Gasteiger partial charge in [0.25, 0.3) is 0 Å². The highest BCUT2D eigenvalue weighted by molar-refractivity contribution is 5.47. The van der Waals surface area contributed by atoms with Crippen LogP contribution in [0.4, 0.5) is 5.69 Å². The van der Waals surface area contributed by atoms with E-state index in [1.807, 2.05) is 32.3 Å². The number of nitrogens with zero attached hydrogens (tertiary/aromatic N) is 3. The maximum absolute atomic E-state index is 4.44. The molecule has 2 aromatic rings. The third kappa shape index (κ3) is 2.88. The molecule has 0 aliphatic carbocycles. The van der Waals surface area contributed by atoms with E-state index in [9.17, 15) is 0 Å². The van der Waals surface area contributed by atoms with Crippen LogP contribution in [0.3, 0.4) is 0 Å². The first-order chi connectivity index (χ1) is 8.70. The molecular weight excluding hydrogens is 224 g/mol. The van der Waals surface area contributed by atoms with Gasteiger partial charge < -0.3 is 9.88 Å². The van der Waals surface area contributed by atoms with Gasteiger partial charge in [-0.2, -0.15) is 0 Å². The van der Waals surface area contributed by atoms with Crippen molar-refractivity contribution in [2.45, 2.75) is 40.3 Å². The molecule has 0 saturated carbocycles. The van der Waals surface area contributed by atoms with E-state index < -0.39 is 0 Å². The number of hydrogen-bond donors (Lipinski definition) is 1. The van der Waals surface area contributed by atoms with E-state index in [0.717, 1.165) is 42.4 Å². The molecule has 2 heterocycles. The van der Waals surface area contributed by atoms with Crippen LogP contribution in [-0.2, 0) is 13.1 Å². The summed E-state index contributed by atoms with van der Waals surface area (Å²) in [4.78, 5) is 8.82. The molecule has 4 heteroatoms. The molecule has 2 aromatic heterocycles. The number of nitrogens with one attached hydrogen (secondary N) is 1. The summed E-state index contributed by atoms with van der Waals surface area (Å²) in [5.41, 5.74) is 3.15. The molecule has 4 nitrogen and oxygen atoms in total. The molecule has 0 amide bonds. The molecule has 96 valence electrons. The molecule has 2 rings (SSSR count). The van der Waals surface area contributed by atoms with E-state index in [1.54, 1.807) is 0 Å². The van der Waals surface area contributed by atoms with Crippen LogP contribution >= 0.6 is 0 Å².